The number of carbonyl (C=O) groups excluding carboxylic acids is 2. The molecule has 138 valence electrons. The first kappa shape index (κ1) is 17.5. The van der Waals surface area contributed by atoms with Crippen LogP contribution in [0.1, 0.15) is 11.1 Å². The molecule has 0 saturated carbocycles. The van der Waals surface area contributed by atoms with Gasteiger partial charge in [-0.25, -0.2) is 9.29 Å². The topological polar surface area (TPSA) is 68.2 Å². The van der Waals surface area contributed by atoms with Crippen molar-refractivity contribution in [2.24, 2.45) is 11.1 Å². The molecule has 2 atom stereocenters. The Morgan fingerprint density at radius 3 is 2.56 bits per heavy atom. The normalized spacial score (nSPS) is 21.2. The van der Waals surface area contributed by atoms with Crippen LogP contribution < -0.4 is 9.64 Å². The second-order valence-electron chi connectivity index (χ2n) is 6.27. The summed E-state index contributed by atoms with van der Waals surface area (Å²) < 4.78 is 18.5. The van der Waals surface area contributed by atoms with Crippen molar-refractivity contribution in [1.29, 1.82) is 0 Å². The fourth-order valence-corrected chi connectivity index (χ4v) is 3.41. The molecule has 0 aliphatic carbocycles. The molecule has 0 spiro atoms. The van der Waals surface area contributed by atoms with Crippen molar-refractivity contribution in [1.82, 2.24) is 0 Å². The highest BCUT2D eigenvalue weighted by Gasteiger charge is 2.56. The fourth-order valence-electron chi connectivity index (χ4n) is 3.26. The number of aryl methyl sites for hydroxylation is 1. The fraction of sp³-hybridized carbons (Fsp3) is 0.211. The Kier molecular flexibility index (Phi) is 4.11. The zero-order valence-electron chi connectivity index (χ0n) is 14.4. The molecule has 2 aliphatic heterocycles. The predicted octanol–water partition coefficient (Wildman–Crippen LogP) is 3.09. The zero-order valence-corrected chi connectivity index (χ0v) is 15.2. The standard InChI is InChI=1S/C19H14ClFN2O4/c1-9-7-13(14(26-2)8-12(9)20)23-18(24)15-16(22-27-17(15)19(23)25)10-3-5-11(21)6-4-10/h3-8,15,17H,1-2H3/t15-,17+/m1/s1. The summed E-state index contributed by atoms with van der Waals surface area (Å²) >= 11 is 6.11. The van der Waals surface area contributed by atoms with E-state index < -0.39 is 29.7 Å². The van der Waals surface area contributed by atoms with Gasteiger partial charge < -0.3 is 9.57 Å². The van der Waals surface area contributed by atoms with Crippen LogP contribution >= 0.6 is 11.6 Å². The highest BCUT2D eigenvalue weighted by Crippen LogP contribution is 2.40. The van der Waals surface area contributed by atoms with Crippen molar-refractivity contribution in [3.05, 3.63) is 58.4 Å². The van der Waals surface area contributed by atoms with E-state index in [0.29, 0.717) is 33.3 Å². The van der Waals surface area contributed by atoms with Gasteiger partial charge in [0.25, 0.3) is 5.91 Å². The molecule has 1 fully saturated rings. The van der Waals surface area contributed by atoms with E-state index in [1.165, 1.54) is 31.4 Å². The second kappa shape index (κ2) is 6.35. The number of imide groups is 1. The van der Waals surface area contributed by atoms with Crippen molar-refractivity contribution in [2.45, 2.75) is 13.0 Å². The Bertz CT molecular complexity index is 990. The SMILES string of the molecule is COc1cc(Cl)c(C)cc1N1C(=O)[C@@H]2C(c3ccc(F)cc3)=NO[C@@H]2C1=O. The number of amides is 2. The average Bonchev–Trinajstić information content (AvgIpc) is 3.19. The van der Waals surface area contributed by atoms with Crippen molar-refractivity contribution in [3.63, 3.8) is 0 Å². The smallest absolute Gasteiger partial charge is 0.279 e. The summed E-state index contributed by atoms with van der Waals surface area (Å²) in [6, 6.07) is 8.68. The first-order valence-corrected chi connectivity index (χ1v) is 8.51. The Hall–Kier alpha value is -2.93. The minimum atomic E-state index is -1.06. The van der Waals surface area contributed by atoms with Crippen LogP contribution in [0.3, 0.4) is 0 Å². The molecular formula is C19H14ClFN2O4. The van der Waals surface area contributed by atoms with E-state index in [2.05, 4.69) is 5.16 Å². The van der Waals surface area contributed by atoms with Gasteiger partial charge >= 0.3 is 0 Å². The minimum Gasteiger partial charge on any atom is -0.495 e. The van der Waals surface area contributed by atoms with Crippen molar-refractivity contribution in [2.75, 3.05) is 12.0 Å². The van der Waals surface area contributed by atoms with Crippen LogP contribution in [0.4, 0.5) is 10.1 Å². The quantitative estimate of drug-likeness (QED) is 0.758. The summed E-state index contributed by atoms with van der Waals surface area (Å²) in [7, 11) is 1.43. The van der Waals surface area contributed by atoms with Crippen LogP contribution in [-0.2, 0) is 14.4 Å². The summed E-state index contributed by atoms with van der Waals surface area (Å²) in [5.74, 6) is -2.03. The molecule has 4 rings (SSSR count). The molecule has 0 radical (unpaired) electrons. The van der Waals surface area contributed by atoms with Crippen LogP contribution in [0.2, 0.25) is 5.02 Å². The number of hydrogen-bond acceptors (Lipinski definition) is 5. The van der Waals surface area contributed by atoms with Gasteiger partial charge in [0, 0.05) is 16.7 Å². The maximum Gasteiger partial charge on any atom is 0.279 e. The van der Waals surface area contributed by atoms with Crippen molar-refractivity contribution >= 4 is 34.8 Å². The monoisotopic (exact) mass is 388 g/mol. The molecule has 2 aromatic rings. The van der Waals surface area contributed by atoms with E-state index in [-0.39, 0.29) is 0 Å². The van der Waals surface area contributed by atoms with E-state index in [9.17, 15) is 14.0 Å². The average molecular weight is 389 g/mol. The maximum atomic E-state index is 13.2. The number of fused-ring (bicyclic) bond motifs is 1. The molecular weight excluding hydrogens is 375 g/mol. The molecule has 2 aromatic carbocycles. The number of anilines is 1. The van der Waals surface area contributed by atoms with E-state index in [1.54, 1.807) is 19.1 Å². The van der Waals surface area contributed by atoms with Gasteiger partial charge in [0.15, 0.2) is 0 Å². The van der Waals surface area contributed by atoms with Gasteiger partial charge in [-0.2, -0.15) is 0 Å². The summed E-state index contributed by atoms with van der Waals surface area (Å²) in [5, 5.41) is 4.35. The largest absolute Gasteiger partial charge is 0.495 e. The lowest BCUT2D eigenvalue weighted by molar-refractivity contribution is -0.126. The van der Waals surface area contributed by atoms with Crippen LogP contribution in [0, 0.1) is 18.7 Å². The van der Waals surface area contributed by atoms with Crippen LogP contribution in [-0.4, -0.2) is 30.7 Å². The number of methoxy groups -OCH3 is 1. The molecule has 1 saturated heterocycles. The summed E-state index contributed by atoms with van der Waals surface area (Å²) in [6.45, 7) is 1.76. The molecule has 2 heterocycles. The lowest BCUT2D eigenvalue weighted by atomic mass is 9.94. The molecule has 27 heavy (non-hydrogen) atoms. The van der Waals surface area contributed by atoms with Gasteiger partial charge in [0.1, 0.15) is 23.2 Å². The van der Waals surface area contributed by atoms with Crippen LogP contribution in [0.15, 0.2) is 41.6 Å². The van der Waals surface area contributed by atoms with Crippen LogP contribution in [0.5, 0.6) is 5.75 Å². The second-order valence-corrected chi connectivity index (χ2v) is 6.68. The van der Waals surface area contributed by atoms with Crippen molar-refractivity contribution in [3.8, 4) is 5.75 Å². The summed E-state index contributed by atoms with van der Waals surface area (Å²) in [4.78, 5) is 32.2. The summed E-state index contributed by atoms with van der Waals surface area (Å²) in [6.07, 6.45) is -1.06. The van der Waals surface area contributed by atoms with Gasteiger partial charge in [-0.1, -0.05) is 28.9 Å². The Morgan fingerprint density at radius 2 is 1.89 bits per heavy atom. The molecule has 6 nitrogen and oxygen atoms in total. The van der Waals surface area contributed by atoms with E-state index in [4.69, 9.17) is 21.2 Å². The highest BCUT2D eigenvalue weighted by molar-refractivity contribution is 6.34. The zero-order chi connectivity index (χ0) is 19.3. The minimum absolute atomic E-state index is 0.297. The van der Waals surface area contributed by atoms with E-state index in [0.717, 1.165) is 4.90 Å². The number of carbonyl (C=O) groups is 2. The number of halogens is 2. The maximum absolute atomic E-state index is 13.2. The molecule has 2 amide bonds. The lowest BCUT2D eigenvalue weighted by Gasteiger charge is -2.19. The number of nitrogens with zero attached hydrogens (tertiary/aromatic N) is 2. The molecule has 0 unspecified atom stereocenters. The third kappa shape index (κ3) is 2.66. The van der Waals surface area contributed by atoms with Gasteiger partial charge in [-0.3, -0.25) is 9.59 Å². The summed E-state index contributed by atoms with van der Waals surface area (Å²) in [5.41, 5.74) is 1.81. The third-order valence-corrected chi connectivity index (χ3v) is 5.06. The predicted molar refractivity (Wildman–Crippen MR) is 96.5 cm³/mol. The van der Waals surface area contributed by atoms with E-state index in [1.807, 2.05) is 0 Å². The van der Waals surface area contributed by atoms with E-state index >= 15 is 0 Å². The lowest BCUT2D eigenvalue weighted by Crippen LogP contribution is -2.33. The van der Waals surface area contributed by atoms with Gasteiger partial charge in [0.05, 0.1) is 12.8 Å². The molecule has 0 bridgehead atoms. The third-order valence-electron chi connectivity index (χ3n) is 4.65. The highest BCUT2D eigenvalue weighted by atomic mass is 35.5. The van der Waals surface area contributed by atoms with Gasteiger partial charge in [-0.15, -0.1) is 0 Å². The van der Waals surface area contributed by atoms with Gasteiger partial charge in [0.2, 0.25) is 12.0 Å². The number of hydrogen-bond donors (Lipinski definition) is 0. The number of oxime groups is 1. The van der Waals surface area contributed by atoms with Crippen LogP contribution in [0.25, 0.3) is 0 Å². The molecule has 8 heteroatoms. The Morgan fingerprint density at radius 1 is 1.19 bits per heavy atom. The first-order valence-electron chi connectivity index (χ1n) is 8.14. The van der Waals surface area contributed by atoms with Crippen molar-refractivity contribution < 1.29 is 23.6 Å². The number of rotatable bonds is 3. The number of ether oxygens (including phenoxy) is 1. The molecule has 0 aromatic heterocycles. The number of benzene rings is 2. The van der Waals surface area contributed by atoms with Gasteiger partial charge in [-0.05, 0) is 30.7 Å². The Balaban J connectivity index is 1.75. The molecule has 0 N–H and O–H groups in total. The first-order chi connectivity index (χ1) is 12.9. The Labute approximate surface area is 159 Å². The molecule has 2 aliphatic rings.